The van der Waals surface area contributed by atoms with Crippen molar-refractivity contribution in [2.45, 2.75) is 52.6 Å². The summed E-state index contributed by atoms with van der Waals surface area (Å²) in [5.74, 6) is 0.819. The molecular weight excluding hydrogens is 206 g/mol. The minimum absolute atomic E-state index is 0.574. The molecule has 0 bridgehead atoms. The zero-order chi connectivity index (χ0) is 11.1. The van der Waals surface area contributed by atoms with Crippen LogP contribution in [0.15, 0.2) is 5.38 Å². The molecule has 0 fully saturated rings. The minimum Gasteiger partial charge on any atom is -0.309 e. The van der Waals surface area contributed by atoms with Crippen molar-refractivity contribution < 1.29 is 0 Å². The Morgan fingerprint density at radius 2 is 2.13 bits per heavy atom. The van der Waals surface area contributed by atoms with Crippen molar-refractivity contribution in [2.24, 2.45) is 5.92 Å². The third-order valence-electron chi connectivity index (χ3n) is 2.46. The second kappa shape index (κ2) is 6.90. The van der Waals surface area contributed by atoms with Crippen LogP contribution in [0.25, 0.3) is 0 Å². The second-order valence-electron chi connectivity index (χ2n) is 4.50. The van der Waals surface area contributed by atoms with Crippen LogP contribution < -0.4 is 5.32 Å². The second-order valence-corrected chi connectivity index (χ2v) is 5.11. The Balaban J connectivity index is 2.06. The van der Waals surface area contributed by atoms with Gasteiger partial charge in [0.25, 0.3) is 0 Å². The van der Waals surface area contributed by atoms with E-state index in [0.29, 0.717) is 6.04 Å². The van der Waals surface area contributed by atoms with Crippen LogP contribution in [-0.4, -0.2) is 15.6 Å². The molecule has 0 aromatic carbocycles. The van der Waals surface area contributed by atoms with Crippen molar-refractivity contribution in [3.8, 4) is 0 Å². The molecule has 0 radical (unpaired) electrons. The molecule has 0 aliphatic carbocycles. The fourth-order valence-electron chi connectivity index (χ4n) is 1.47. The number of aromatic nitrogens is 2. The number of rotatable bonds is 7. The van der Waals surface area contributed by atoms with Crippen LogP contribution in [0, 0.1) is 5.92 Å². The van der Waals surface area contributed by atoms with Gasteiger partial charge in [0.1, 0.15) is 0 Å². The summed E-state index contributed by atoms with van der Waals surface area (Å²) in [4.78, 5) is 0. The fourth-order valence-corrected chi connectivity index (χ4v) is 1.93. The molecular formula is C11H21N3S. The summed E-state index contributed by atoms with van der Waals surface area (Å²) < 4.78 is 3.84. The van der Waals surface area contributed by atoms with Crippen molar-refractivity contribution in [1.82, 2.24) is 14.9 Å². The first-order valence-electron chi connectivity index (χ1n) is 5.67. The predicted octanol–water partition coefficient (Wildman–Crippen LogP) is 2.84. The summed E-state index contributed by atoms with van der Waals surface area (Å²) in [5, 5.41) is 9.46. The molecule has 1 rings (SSSR count). The highest BCUT2D eigenvalue weighted by atomic mass is 32.1. The Hall–Kier alpha value is -0.480. The van der Waals surface area contributed by atoms with Crippen molar-refractivity contribution in [1.29, 1.82) is 0 Å². The van der Waals surface area contributed by atoms with Crippen molar-refractivity contribution >= 4 is 11.5 Å². The molecule has 15 heavy (non-hydrogen) atoms. The lowest BCUT2D eigenvalue weighted by Crippen LogP contribution is -2.25. The van der Waals surface area contributed by atoms with Gasteiger partial charge in [0, 0.05) is 18.0 Å². The maximum Gasteiger partial charge on any atom is 0.0893 e. The van der Waals surface area contributed by atoms with E-state index in [2.05, 4.69) is 35.7 Å². The highest BCUT2D eigenvalue weighted by Gasteiger charge is 2.03. The van der Waals surface area contributed by atoms with Crippen LogP contribution in [0.5, 0.6) is 0 Å². The Bertz CT molecular complexity index is 246. The van der Waals surface area contributed by atoms with Gasteiger partial charge in [-0.25, -0.2) is 0 Å². The van der Waals surface area contributed by atoms with Gasteiger partial charge in [-0.1, -0.05) is 31.2 Å². The van der Waals surface area contributed by atoms with E-state index in [1.54, 1.807) is 0 Å². The Morgan fingerprint density at radius 1 is 1.33 bits per heavy atom. The first kappa shape index (κ1) is 12.6. The Morgan fingerprint density at radius 3 is 2.73 bits per heavy atom. The molecule has 0 saturated heterocycles. The van der Waals surface area contributed by atoms with Gasteiger partial charge in [-0.15, -0.1) is 5.10 Å². The highest BCUT2D eigenvalue weighted by molar-refractivity contribution is 7.03. The van der Waals surface area contributed by atoms with Crippen molar-refractivity contribution in [3.05, 3.63) is 11.1 Å². The molecule has 0 unspecified atom stereocenters. The standard InChI is InChI=1S/C11H21N3S/c1-9(2)5-4-6-10(3)12-7-11-8-15-14-13-11/h8-10,12H,4-7H2,1-3H3/t10-/m0/s1. The number of hydrogen-bond acceptors (Lipinski definition) is 4. The SMILES string of the molecule is CC(C)CCC[C@H](C)NCc1csnn1. The Kier molecular flexibility index (Phi) is 5.79. The number of nitrogens with zero attached hydrogens (tertiary/aromatic N) is 2. The van der Waals surface area contributed by atoms with Crippen LogP contribution in [-0.2, 0) is 6.54 Å². The number of nitrogens with one attached hydrogen (secondary N) is 1. The maximum atomic E-state index is 4.00. The van der Waals surface area contributed by atoms with E-state index >= 15 is 0 Å². The summed E-state index contributed by atoms with van der Waals surface area (Å²) in [6, 6.07) is 0.574. The zero-order valence-electron chi connectivity index (χ0n) is 9.86. The molecule has 1 aromatic heterocycles. The molecule has 4 heteroatoms. The van der Waals surface area contributed by atoms with Crippen LogP contribution in [0.2, 0.25) is 0 Å². The molecule has 1 N–H and O–H groups in total. The molecule has 3 nitrogen and oxygen atoms in total. The molecule has 0 aliphatic rings. The molecule has 0 spiro atoms. The molecule has 1 heterocycles. The first-order chi connectivity index (χ1) is 7.18. The summed E-state index contributed by atoms with van der Waals surface area (Å²) >= 11 is 1.41. The molecule has 0 saturated carbocycles. The topological polar surface area (TPSA) is 37.8 Å². The Labute approximate surface area is 96.5 Å². The lowest BCUT2D eigenvalue weighted by Gasteiger charge is -2.13. The summed E-state index contributed by atoms with van der Waals surface area (Å²) in [7, 11) is 0. The van der Waals surface area contributed by atoms with Gasteiger partial charge in [-0.3, -0.25) is 0 Å². The van der Waals surface area contributed by atoms with E-state index in [9.17, 15) is 0 Å². The average molecular weight is 227 g/mol. The summed E-state index contributed by atoms with van der Waals surface area (Å²) in [6.07, 6.45) is 3.88. The van der Waals surface area contributed by atoms with Crippen LogP contribution in [0.4, 0.5) is 0 Å². The highest BCUT2D eigenvalue weighted by Crippen LogP contribution is 2.08. The quantitative estimate of drug-likeness (QED) is 0.778. The van der Waals surface area contributed by atoms with E-state index < -0.39 is 0 Å². The van der Waals surface area contributed by atoms with E-state index in [4.69, 9.17) is 0 Å². The monoisotopic (exact) mass is 227 g/mol. The van der Waals surface area contributed by atoms with Gasteiger partial charge in [-0.2, -0.15) is 0 Å². The maximum absolute atomic E-state index is 4.00. The lowest BCUT2D eigenvalue weighted by atomic mass is 10.0. The van der Waals surface area contributed by atoms with Crippen LogP contribution in [0.3, 0.4) is 0 Å². The smallest absolute Gasteiger partial charge is 0.0893 e. The lowest BCUT2D eigenvalue weighted by molar-refractivity contribution is 0.455. The molecule has 1 aromatic rings. The van der Waals surface area contributed by atoms with Gasteiger partial charge in [-0.05, 0) is 30.8 Å². The van der Waals surface area contributed by atoms with Crippen molar-refractivity contribution in [3.63, 3.8) is 0 Å². The van der Waals surface area contributed by atoms with E-state index in [1.807, 2.05) is 5.38 Å². The van der Waals surface area contributed by atoms with Crippen molar-refractivity contribution in [2.75, 3.05) is 0 Å². The van der Waals surface area contributed by atoms with Gasteiger partial charge in [0.15, 0.2) is 0 Å². The van der Waals surface area contributed by atoms with E-state index in [-0.39, 0.29) is 0 Å². The van der Waals surface area contributed by atoms with Gasteiger partial charge in [0.2, 0.25) is 0 Å². The molecule has 0 aliphatic heterocycles. The fraction of sp³-hybridized carbons (Fsp3) is 0.818. The van der Waals surface area contributed by atoms with Gasteiger partial charge >= 0.3 is 0 Å². The minimum atomic E-state index is 0.574. The number of hydrogen-bond donors (Lipinski definition) is 1. The normalized spacial score (nSPS) is 13.3. The van der Waals surface area contributed by atoms with E-state index in [1.165, 1.54) is 30.8 Å². The van der Waals surface area contributed by atoms with Crippen LogP contribution >= 0.6 is 11.5 Å². The molecule has 1 atom stereocenters. The summed E-state index contributed by atoms with van der Waals surface area (Å²) in [6.45, 7) is 7.64. The predicted molar refractivity (Wildman–Crippen MR) is 64.9 cm³/mol. The van der Waals surface area contributed by atoms with E-state index in [0.717, 1.165) is 18.2 Å². The molecule has 0 amide bonds. The van der Waals surface area contributed by atoms with Crippen LogP contribution in [0.1, 0.15) is 45.7 Å². The van der Waals surface area contributed by atoms with Gasteiger partial charge < -0.3 is 5.32 Å². The zero-order valence-corrected chi connectivity index (χ0v) is 10.7. The van der Waals surface area contributed by atoms with Gasteiger partial charge in [0.05, 0.1) is 5.69 Å². The first-order valence-corrected chi connectivity index (χ1v) is 6.51. The summed E-state index contributed by atoms with van der Waals surface area (Å²) in [5.41, 5.74) is 1.05. The third-order valence-corrected chi connectivity index (χ3v) is 3.01. The largest absolute Gasteiger partial charge is 0.309 e. The molecule has 86 valence electrons. The third kappa shape index (κ3) is 5.85. The average Bonchev–Trinajstić information content (AvgIpc) is 2.66.